The molecule has 0 bridgehead atoms. The van der Waals surface area contributed by atoms with E-state index in [1.807, 2.05) is 0 Å². The van der Waals surface area contributed by atoms with Crippen molar-refractivity contribution < 1.29 is 19.0 Å². The van der Waals surface area contributed by atoms with E-state index in [1.54, 1.807) is 0 Å². The minimum Gasteiger partial charge on any atom is -0.481 e. The lowest BCUT2D eigenvalue weighted by Crippen LogP contribution is -2.03. The molecule has 1 heterocycles. The quantitative estimate of drug-likeness (QED) is 0.758. The summed E-state index contributed by atoms with van der Waals surface area (Å²) >= 11 is 0. The monoisotopic (exact) mass is 185 g/mol. The summed E-state index contributed by atoms with van der Waals surface area (Å²) < 4.78 is 17.4. The molecule has 1 aromatic heterocycles. The Bertz CT molecular complexity index is 327. The van der Waals surface area contributed by atoms with E-state index in [9.17, 15) is 9.18 Å². The van der Waals surface area contributed by atoms with Crippen molar-refractivity contribution >= 4 is 5.97 Å². The van der Waals surface area contributed by atoms with Crippen LogP contribution in [0.3, 0.4) is 0 Å². The Kier molecular flexibility index (Phi) is 2.79. The number of halogens is 1. The molecule has 0 spiro atoms. The van der Waals surface area contributed by atoms with Crippen molar-refractivity contribution in [2.24, 2.45) is 0 Å². The molecule has 0 aliphatic rings. The van der Waals surface area contributed by atoms with Crippen molar-refractivity contribution in [3.63, 3.8) is 0 Å². The van der Waals surface area contributed by atoms with Gasteiger partial charge in [-0.3, -0.25) is 4.79 Å². The van der Waals surface area contributed by atoms with Crippen LogP contribution in [0.1, 0.15) is 5.69 Å². The molecule has 70 valence electrons. The molecule has 0 aliphatic heterocycles. The Hall–Kier alpha value is -1.65. The number of rotatable bonds is 3. The van der Waals surface area contributed by atoms with Crippen LogP contribution in [0.15, 0.2) is 12.1 Å². The lowest BCUT2D eigenvalue weighted by Gasteiger charge is -2.01. The molecule has 0 aromatic carbocycles. The Morgan fingerprint density at radius 2 is 2.38 bits per heavy atom. The van der Waals surface area contributed by atoms with E-state index in [2.05, 4.69) is 9.72 Å². The summed E-state index contributed by atoms with van der Waals surface area (Å²) in [6.07, 6.45) is -0.311. The van der Waals surface area contributed by atoms with Crippen molar-refractivity contribution in [3.05, 3.63) is 23.6 Å². The number of hydrogen-bond acceptors (Lipinski definition) is 3. The first-order valence-electron chi connectivity index (χ1n) is 3.54. The highest BCUT2D eigenvalue weighted by Gasteiger charge is 2.06. The summed E-state index contributed by atoms with van der Waals surface area (Å²) in [6, 6.07) is 2.15. The van der Waals surface area contributed by atoms with Crippen molar-refractivity contribution in [1.29, 1.82) is 0 Å². The summed E-state index contributed by atoms with van der Waals surface area (Å²) in [5.41, 5.74) is 0.143. The minimum absolute atomic E-state index is 0.0799. The fraction of sp³-hybridized carbons (Fsp3) is 0.250. The molecule has 4 nitrogen and oxygen atoms in total. The molecular formula is C8H8FNO3. The highest BCUT2D eigenvalue weighted by Crippen LogP contribution is 2.11. The van der Waals surface area contributed by atoms with E-state index < -0.39 is 11.8 Å². The van der Waals surface area contributed by atoms with Crippen LogP contribution in [0.25, 0.3) is 0 Å². The summed E-state index contributed by atoms with van der Waals surface area (Å²) in [5, 5.41) is 8.42. The van der Waals surface area contributed by atoms with Crippen molar-refractivity contribution in [2.75, 3.05) is 7.11 Å². The lowest BCUT2D eigenvalue weighted by molar-refractivity contribution is -0.136. The van der Waals surface area contributed by atoms with Crippen LogP contribution in [0.4, 0.5) is 4.39 Å². The average Bonchev–Trinajstić information content (AvgIpc) is 2.01. The number of aliphatic carboxylic acids is 1. The van der Waals surface area contributed by atoms with E-state index in [1.165, 1.54) is 7.11 Å². The lowest BCUT2D eigenvalue weighted by atomic mass is 10.2. The van der Waals surface area contributed by atoms with Crippen LogP contribution in [0.5, 0.6) is 5.88 Å². The van der Waals surface area contributed by atoms with Crippen LogP contribution < -0.4 is 4.74 Å². The molecule has 5 heteroatoms. The molecule has 1 rings (SSSR count). The normalized spacial score (nSPS) is 9.69. The second-order valence-corrected chi connectivity index (χ2v) is 2.39. The van der Waals surface area contributed by atoms with Crippen LogP contribution >= 0.6 is 0 Å². The molecule has 13 heavy (non-hydrogen) atoms. The van der Waals surface area contributed by atoms with Crippen LogP contribution in [0.2, 0.25) is 0 Å². The summed E-state index contributed by atoms with van der Waals surface area (Å²) in [5.74, 6) is -1.53. The smallest absolute Gasteiger partial charge is 0.309 e. The Morgan fingerprint density at radius 3 is 2.92 bits per heavy atom. The predicted molar refractivity (Wildman–Crippen MR) is 42.1 cm³/mol. The van der Waals surface area contributed by atoms with Crippen LogP contribution in [-0.4, -0.2) is 23.2 Å². The van der Waals surface area contributed by atoms with Gasteiger partial charge in [-0.05, 0) is 6.07 Å². The number of carboxylic acids is 1. The maximum Gasteiger partial charge on any atom is 0.309 e. The summed E-state index contributed by atoms with van der Waals surface area (Å²) in [6.45, 7) is 0. The van der Waals surface area contributed by atoms with Crippen LogP contribution in [-0.2, 0) is 11.2 Å². The minimum atomic E-state index is -1.06. The van der Waals surface area contributed by atoms with Gasteiger partial charge in [0.05, 0.1) is 19.2 Å². The number of pyridine rings is 1. The molecule has 0 amide bonds. The summed E-state index contributed by atoms with van der Waals surface area (Å²) in [7, 11) is 1.34. The highest BCUT2D eigenvalue weighted by atomic mass is 19.1. The van der Waals surface area contributed by atoms with Crippen molar-refractivity contribution in [1.82, 2.24) is 4.98 Å². The molecule has 1 N–H and O–H groups in total. The van der Waals surface area contributed by atoms with Gasteiger partial charge in [0, 0.05) is 6.07 Å². The Labute approximate surface area is 74.0 Å². The molecule has 0 fully saturated rings. The maximum atomic E-state index is 12.8. The molecule has 0 unspecified atom stereocenters. The van der Waals surface area contributed by atoms with E-state index in [0.29, 0.717) is 0 Å². The van der Waals surface area contributed by atoms with Gasteiger partial charge in [-0.15, -0.1) is 0 Å². The second kappa shape index (κ2) is 3.84. The standard InChI is InChI=1S/C8H8FNO3/c1-13-7-3-5(9)2-6(10-7)4-8(11)12/h2-3H,4H2,1H3,(H,11,12). The predicted octanol–water partition coefficient (Wildman–Crippen LogP) is 0.856. The van der Waals surface area contributed by atoms with Gasteiger partial charge in [0.25, 0.3) is 0 Å². The molecule has 1 aromatic rings. The summed E-state index contributed by atoms with van der Waals surface area (Å²) in [4.78, 5) is 14.0. The number of methoxy groups -OCH3 is 1. The fourth-order valence-electron chi connectivity index (χ4n) is 0.875. The van der Waals surface area contributed by atoms with Gasteiger partial charge in [-0.1, -0.05) is 0 Å². The zero-order valence-corrected chi connectivity index (χ0v) is 6.95. The number of carbonyl (C=O) groups is 1. The third-order valence-electron chi connectivity index (χ3n) is 1.36. The molecule has 0 saturated heterocycles. The molecule has 0 aliphatic carbocycles. The first-order chi connectivity index (χ1) is 6.11. The number of hydrogen-bond donors (Lipinski definition) is 1. The number of aromatic nitrogens is 1. The maximum absolute atomic E-state index is 12.8. The zero-order chi connectivity index (χ0) is 9.84. The first-order valence-corrected chi connectivity index (χ1v) is 3.54. The van der Waals surface area contributed by atoms with Gasteiger partial charge in [-0.2, -0.15) is 0 Å². The van der Waals surface area contributed by atoms with Crippen molar-refractivity contribution in [3.8, 4) is 5.88 Å². The van der Waals surface area contributed by atoms with Crippen LogP contribution in [0, 0.1) is 5.82 Å². The number of carboxylic acid groups (broad SMARTS) is 1. The third-order valence-corrected chi connectivity index (χ3v) is 1.36. The van der Waals surface area contributed by atoms with Gasteiger partial charge in [0.2, 0.25) is 5.88 Å². The molecular weight excluding hydrogens is 177 g/mol. The second-order valence-electron chi connectivity index (χ2n) is 2.39. The van der Waals surface area contributed by atoms with E-state index in [0.717, 1.165) is 12.1 Å². The fourth-order valence-corrected chi connectivity index (χ4v) is 0.875. The average molecular weight is 185 g/mol. The van der Waals surface area contributed by atoms with Gasteiger partial charge in [0.1, 0.15) is 5.82 Å². The van der Waals surface area contributed by atoms with E-state index in [4.69, 9.17) is 5.11 Å². The largest absolute Gasteiger partial charge is 0.481 e. The Morgan fingerprint density at radius 1 is 1.69 bits per heavy atom. The van der Waals surface area contributed by atoms with E-state index in [-0.39, 0.29) is 18.0 Å². The number of nitrogens with zero attached hydrogens (tertiary/aromatic N) is 1. The van der Waals surface area contributed by atoms with Gasteiger partial charge >= 0.3 is 5.97 Å². The zero-order valence-electron chi connectivity index (χ0n) is 6.95. The van der Waals surface area contributed by atoms with E-state index >= 15 is 0 Å². The molecule has 0 saturated carbocycles. The molecule has 0 radical (unpaired) electrons. The first kappa shape index (κ1) is 9.44. The Balaban J connectivity index is 2.94. The van der Waals surface area contributed by atoms with Gasteiger partial charge in [0.15, 0.2) is 0 Å². The third kappa shape index (κ3) is 2.70. The SMILES string of the molecule is COc1cc(F)cc(CC(=O)O)n1. The van der Waals surface area contributed by atoms with Gasteiger partial charge < -0.3 is 9.84 Å². The number of ether oxygens (including phenoxy) is 1. The topological polar surface area (TPSA) is 59.4 Å². The van der Waals surface area contributed by atoms with Gasteiger partial charge in [-0.25, -0.2) is 9.37 Å². The highest BCUT2D eigenvalue weighted by molar-refractivity contribution is 5.69. The van der Waals surface area contributed by atoms with Crippen molar-refractivity contribution in [2.45, 2.75) is 6.42 Å². The molecule has 0 atom stereocenters.